The number of H-pyrrole nitrogens is 1. The summed E-state index contributed by atoms with van der Waals surface area (Å²) >= 11 is 0.932. The number of phenols is 1. The topological polar surface area (TPSA) is 86.2 Å². The Morgan fingerprint density at radius 2 is 1.75 bits per heavy atom. The number of thiazole rings is 1. The van der Waals surface area contributed by atoms with Crippen LogP contribution in [0.1, 0.15) is 54.5 Å². The number of benzene rings is 1. The summed E-state index contributed by atoms with van der Waals surface area (Å²) in [7, 11) is 0. The van der Waals surface area contributed by atoms with Crippen LogP contribution in [0.15, 0.2) is 47.9 Å². The van der Waals surface area contributed by atoms with E-state index in [1.807, 2.05) is 24.3 Å². The smallest absolute Gasteiger partial charge is 0.307 e. The van der Waals surface area contributed by atoms with E-state index in [9.17, 15) is 15.0 Å². The van der Waals surface area contributed by atoms with Gasteiger partial charge in [0.1, 0.15) is 5.75 Å². The maximum absolute atomic E-state index is 11.5. The normalized spacial score (nSPS) is 28.2. The molecule has 2 aromatic heterocycles. The van der Waals surface area contributed by atoms with Crippen molar-refractivity contribution in [2.75, 3.05) is 0 Å². The Hall–Kier alpha value is -2.86. The van der Waals surface area contributed by atoms with Gasteiger partial charge in [0.15, 0.2) is 0 Å². The molecular weight excluding hydrogens is 420 g/mol. The largest absolute Gasteiger partial charge is 0.508 e. The summed E-state index contributed by atoms with van der Waals surface area (Å²) in [6.45, 7) is 4.02. The number of hydrogen-bond acceptors (Lipinski definition) is 5. The van der Waals surface area contributed by atoms with Gasteiger partial charge < -0.3 is 10.2 Å². The van der Waals surface area contributed by atoms with Gasteiger partial charge in [-0.1, -0.05) is 24.0 Å². The molecule has 4 bridgehead atoms. The van der Waals surface area contributed by atoms with E-state index >= 15 is 0 Å². The Labute approximate surface area is 190 Å². The second kappa shape index (κ2) is 7.07. The number of nitrogens with one attached hydrogen (secondary N) is 1. The molecule has 0 spiro atoms. The molecule has 2 heterocycles. The molecule has 3 aromatic rings. The highest BCUT2D eigenvalue weighted by molar-refractivity contribution is 7.10. The maximum atomic E-state index is 11.5. The summed E-state index contributed by atoms with van der Waals surface area (Å²) < 4.78 is 0. The Morgan fingerprint density at radius 3 is 2.31 bits per heavy atom. The van der Waals surface area contributed by atoms with Crippen molar-refractivity contribution >= 4 is 16.9 Å². The fraction of sp³-hybridized carbons (Fsp3) is 0.385. The van der Waals surface area contributed by atoms with Gasteiger partial charge in [0.25, 0.3) is 0 Å². The summed E-state index contributed by atoms with van der Waals surface area (Å²) in [5.74, 6) is 2.70. The Bertz CT molecular complexity index is 1240. The summed E-state index contributed by atoms with van der Waals surface area (Å²) in [6.07, 6.45) is 9.44. The summed E-state index contributed by atoms with van der Waals surface area (Å²) in [6, 6.07) is 9.75. The molecule has 0 aliphatic heterocycles. The third-order valence-electron chi connectivity index (χ3n) is 7.92. The van der Waals surface area contributed by atoms with Crippen molar-refractivity contribution < 1.29 is 10.2 Å². The average Bonchev–Trinajstić information content (AvgIpc) is 3.10. The number of nitrogens with zero attached hydrogens (tertiary/aromatic N) is 1. The van der Waals surface area contributed by atoms with E-state index in [0.29, 0.717) is 16.2 Å². The number of aromatic hydroxyl groups is 2. The SMILES string of the molecule is C=C(c1ccc(-c2ccc(O)c(C34CC5CC(CC(C5)C3)C4)c2)nc1)c1sc(=O)[nH]c1O. The van der Waals surface area contributed by atoms with E-state index in [1.165, 1.54) is 38.5 Å². The second-order valence-corrected chi connectivity index (χ2v) is 11.0. The van der Waals surface area contributed by atoms with Gasteiger partial charge in [-0.25, -0.2) is 0 Å². The van der Waals surface area contributed by atoms with Crippen LogP contribution < -0.4 is 4.87 Å². The number of hydrogen-bond donors (Lipinski definition) is 3. The van der Waals surface area contributed by atoms with Gasteiger partial charge in [-0.15, -0.1) is 0 Å². The first kappa shape index (κ1) is 19.8. The zero-order valence-electron chi connectivity index (χ0n) is 17.8. The molecule has 0 unspecified atom stereocenters. The van der Waals surface area contributed by atoms with E-state index < -0.39 is 0 Å². The van der Waals surface area contributed by atoms with Crippen LogP contribution in [0.5, 0.6) is 11.6 Å². The van der Waals surface area contributed by atoms with Gasteiger partial charge in [-0.05, 0) is 91.5 Å². The fourth-order valence-corrected chi connectivity index (χ4v) is 7.68. The summed E-state index contributed by atoms with van der Waals surface area (Å²) in [4.78, 5) is 18.6. The molecule has 5 nitrogen and oxygen atoms in total. The van der Waals surface area contributed by atoms with Crippen LogP contribution >= 0.6 is 11.3 Å². The Morgan fingerprint density at radius 1 is 1.06 bits per heavy atom. The average molecular weight is 447 g/mol. The minimum Gasteiger partial charge on any atom is -0.508 e. The van der Waals surface area contributed by atoms with Crippen molar-refractivity contribution in [3.05, 3.63) is 68.8 Å². The zero-order valence-corrected chi connectivity index (χ0v) is 18.6. The number of phenolic OH excluding ortho intramolecular Hbond substituents is 1. The van der Waals surface area contributed by atoms with Crippen LogP contribution in [-0.2, 0) is 5.41 Å². The molecule has 4 aliphatic carbocycles. The van der Waals surface area contributed by atoms with Crippen LogP contribution in [0.3, 0.4) is 0 Å². The number of rotatable bonds is 4. The molecule has 0 saturated heterocycles. The molecule has 0 amide bonds. The van der Waals surface area contributed by atoms with E-state index in [4.69, 9.17) is 0 Å². The molecule has 164 valence electrons. The Balaban J connectivity index is 1.32. The van der Waals surface area contributed by atoms with Gasteiger partial charge in [0.2, 0.25) is 5.88 Å². The van der Waals surface area contributed by atoms with Crippen LogP contribution in [0, 0.1) is 17.8 Å². The summed E-state index contributed by atoms with van der Waals surface area (Å²) in [5.41, 5.74) is 4.36. The molecule has 0 atom stereocenters. The third kappa shape index (κ3) is 3.12. The van der Waals surface area contributed by atoms with Crippen molar-refractivity contribution in [1.82, 2.24) is 9.97 Å². The molecule has 4 fully saturated rings. The molecule has 0 radical (unpaired) electrons. The van der Waals surface area contributed by atoms with Crippen LogP contribution in [0.25, 0.3) is 16.8 Å². The lowest BCUT2D eigenvalue weighted by Gasteiger charge is -2.57. The third-order valence-corrected chi connectivity index (χ3v) is 8.85. The van der Waals surface area contributed by atoms with Gasteiger partial charge in [0, 0.05) is 22.9 Å². The van der Waals surface area contributed by atoms with E-state index in [-0.39, 0.29) is 16.2 Å². The molecule has 4 saturated carbocycles. The predicted molar refractivity (Wildman–Crippen MR) is 126 cm³/mol. The highest BCUT2D eigenvalue weighted by Gasteiger charge is 2.52. The van der Waals surface area contributed by atoms with Crippen molar-refractivity contribution in [1.29, 1.82) is 0 Å². The first-order valence-electron chi connectivity index (χ1n) is 11.3. The molecule has 7 rings (SSSR count). The number of aromatic nitrogens is 2. The highest BCUT2D eigenvalue weighted by atomic mass is 32.1. The van der Waals surface area contributed by atoms with Crippen molar-refractivity contribution in [3.8, 4) is 22.9 Å². The lowest BCUT2D eigenvalue weighted by atomic mass is 9.48. The number of pyridine rings is 1. The summed E-state index contributed by atoms with van der Waals surface area (Å²) in [5, 5.41) is 20.7. The van der Waals surface area contributed by atoms with E-state index in [0.717, 1.165) is 51.5 Å². The Kier molecular flexibility index (Phi) is 4.37. The second-order valence-electron chi connectivity index (χ2n) is 10.0. The van der Waals surface area contributed by atoms with Crippen LogP contribution in [0.4, 0.5) is 0 Å². The van der Waals surface area contributed by atoms with Crippen LogP contribution in [0.2, 0.25) is 0 Å². The quantitative estimate of drug-likeness (QED) is 0.498. The highest BCUT2D eigenvalue weighted by Crippen LogP contribution is 2.62. The van der Waals surface area contributed by atoms with Gasteiger partial charge in [-0.2, -0.15) is 0 Å². The lowest BCUT2D eigenvalue weighted by Crippen LogP contribution is -2.48. The molecule has 6 heteroatoms. The maximum Gasteiger partial charge on any atom is 0.307 e. The molecule has 3 N–H and O–H groups in total. The van der Waals surface area contributed by atoms with Crippen molar-refractivity contribution in [3.63, 3.8) is 0 Å². The monoisotopic (exact) mass is 446 g/mol. The molecule has 4 aliphatic rings. The van der Waals surface area contributed by atoms with Crippen molar-refractivity contribution in [2.24, 2.45) is 17.8 Å². The van der Waals surface area contributed by atoms with E-state index in [1.54, 1.807) is 6.20 Å². The number of aromatic amines is 1. The van der Waals surface area contributed by atoms with Gasteiger partial charge >= 0.3 is 4.87 Å². The molecular formula is C26H26N2O3S. The van der Waals surface area contributed by atoms with E-state index in [2.05, 4.69) is 22.6 Å². The lowest BCUT2D eigenvalue weighted by molar-refractivity contribution is -0.00611. The zero-order chi connectivity index (χ0) is 22.0. The standard InChI is InChI=1S/C26H26N2O3S/c1-14(23-24(30)28-25(31)32-23)19-2-4-21(27-13-19)18-3-5-22(29)20(9-18)26-10-15-6-16(11-26)8-17(7-15)12-26/h2-5,9,13,15-17,29-30H,1,6-8,10-12H2,(H,28,31). The van der Waals surface area contributed by atoms with Crippen LogP contribution in [-0.4, -0.2) is 20.2 Å². The fourth-order valence-electron chi connectivity index (χ4n) is 6.96. The predicted octanol–water partition coefficient (Wildman–Crippen LogP) is 5.44. The minimum absolute atomic E-state index is 0.117. The molecule has 1 aromatic carbocycles. The first-order chi connectivity index (χ1) is 15.4. The van der Waals surface area contributed by atoms with Gasteiger partial charge in [-0.3, -0.25) is 14.8 Å². The molecule has 32 heavy (non-hydrogen) atoms. The van der Waals surface area contributed by atoms with Gasteiger partial charge in [0.05, 0.1) is 10.6 Å². The first-order valence-corrected chi connectivity index (χ1v) is 12.1. The van der Waals surface area contributed by atoms with Crippen molar-refractivity contribution in [2.45, 2.75) is 43.9 Å². The minimum atomic E-state index is -0.315.